The fourth-order valence-electron chi connectivity index (χ4n) is 4.07. The lowest BCUT2D eigenvalue weighted by Gasteiger charge is -2.24. The molecule has 0 saturated heterocycles. The lowest BCUT2D eigenvalue weighted by molar-refractivity contribution is 0.174. The van der Waals surface area contributed by atoms with Gasteiger partial charge in [0.15, 0.2) is 4.91 Å². The molecule has 8 heteroatoms. The van der Waals surface area contributed by atoms with Gasteiger partial charge in [-0.15, -0.1) is 11.3 Å². The highest BCUT2D eigenvalue weighted by atomic mass is 32.2. The Morgan fingerprint density at radius 1 is 1.06 bits per heavy atom. The molecule has 36 heavy (non-hydrogen) atoms. The molecule has 0 radical (unpaired) electrons. The third kappa shape index (κ3) is 6.54. The summed E-state index contributed by atoms with van der Waals surface area (Å²) in [6, 6.07) is 18.6. The van der Waals surface area contributed by atoms with Crippen LogP contribution in [0.15, 0.2) is 53.4 Å². The lowest BCUT2D eigenvalue weighted by atomic mass is 10.0. The van der Waals surface area contributed by atoms with Crippen molar-refractivity contribution < 1.29 is 13.5 Å². The van der Waals surface area contributed by atoms with Gasteiger partial charge in [0.1, 0.15) is 6.07 Å². The monoisotopic (exact) mass is 525 g/mol. The second kappa shape index (κ2) is 12.5. The summed E-state index contributed by atoms with van der Waals surface area (Å²) in [5, 5.41) is 21.6. The summed E-state index contributed by atoms with van der Waals surface area (Å²) in [6.45, 7) is 9.76. The molecule has 6 nitrogen and oxygen atoms in total. The molecule has 0 aliphatic heterocycles. The first-order valence-electron chi connectivity index (χ1n) is 12.4. The first-order valence-corrected chi connectivity index (χ1v) is 14.7. The fraction of sp³-hybridized carbons (Fsp3) is 0.393. The van der Waals surface area contributed by atoms with Crippen LogP contribution in [0, 0.1) is 11.3 Å². The maximum atomic E-state index is 12.7. The van der Waals surface area contributed by atoms with E-state index in [4.69, 9.17) is 0 Å². The first kappa shape index (κ1) is 27.9. The molecule has 2 aromatic carbocycles. The highest BCUT2D eigenvalue weighted by Crippen LogP contribution is 2.35. The van der Waals surface area contributed by atoms with Crippen LogP contribution in [0.2, 0.25) is 0 Å². The number of benzene rings is 2. The maximum absolute atomic E-state index is 12.7. The van der Waals surface area contributed by atoms with Gasteiger partial charge in [0.05, 0.1) is 6.10 Å². The Bertz CT molecular complexity index is 1360. The predicted molar refractivity (Wildman–Crippen MR) is 151 cm³/mol. The van der Waals surface area contributed by atoms with Crippen molar-refractivity contribution in [3.05, 3.63) is 58.3 Å². The van der Waals surface area contributed by atoms with Crippen molar-refractivity contribution in [3.63, 3.8) is 0 Å². The first-order chi connectivity index (χ1) is 17.2. The Morgan fingerprint density at radius 3 is 2.36 bits per heavy atom. The zero-order valence-electron chi connectivity index (χ0n) is 21.4. The Balaban J connectivity index is 1.89. The Kier molecular flexibility index (Phi) is 9.69. The van der Waals surface area contributed by atoms with Crippen molar-refractivity contribution in [2.75, 3.05) is 24.5 Å². The minimum Gasteiger partial charge on any atom is -0.392 e. The number of hydrogen-bond donors (Lipinski definition) is 2. The van der Waals surface area contributed by atoms with Crippen LogP contribution in [-0.2, 0) is 10.0 Å². The minimum atomic E-state index is -4.02. The second-order valence-corrected chi connectivity index (χ2v) is 11.7. The molecule has 0 bridgehead atoms. The summed E-state index contributed by atoms with van der Waals surface area (Å²) >= 11 is 1.45. The van der Waals surface area contributed by atoms with E-state index in [1.54, 1.807) is 13.8 Å². The highest BCUT2D eigenvalue weighted by molar-refractivity contribution is 7.93. The average Bonchev–Trinajstić information content (AvgIpc) is 3.37. The van der Waals surface area contributed by atoms with Gasteiger partial charge in [0.2, 0.25) is 0 Å². The molecule has 0 amide bonds. The van der Waals surface area contributed by atoms with E-state index in [0.29, 0.717) is 16.9 Å². The molecule has 3 rings (SSSR count). The van der Waals surface area contributed by atoms with E-state index in [1.165, 1.54) is 22.4 Å². The number of aliphatic hydroxyl groups is 1. The molecular weight excluding hydrogens is 490 g/mol. The zero-order chi connectivity index (χ0) is 26.3. The van der Waals surface area contributed by atoms with Crippen LogP contribution in [0.3, 0.4) is 0 Å². The minimum absolute atomic E-state index is 0.125. The molecule has 1 atom stereocenters. The summed E-state index contributed by atoms with van der Waals surface area (Å²) in [6.07, 6.45) is 1.84. The van der Waals surface area contributed by atoms with Gasteiger partial charge in [0, 0.05) is 35.1 Å². The van der Waals surface area contributed by atoms with Gasteiger partial charge in [-0.25, -0.2) is 13.1 Å². The third-order valence-corrected chi connectivity index (χ3v) is 8.86. The van der Waals surface area contributed by atoms with E-state index in [-0.39, 0.29) is 11.4 Å². The quantitative estimate of drug-likeness (QED) is 0.277. The standard InChI is InChI=1S/C28H35N3O3S2/c1-5-14-31(15-6-2)24-11-10-21-16-23(9-8-22(21)17-24)27-13-12-26(35-27)20(4)28(18-29)36(33,34)30-19-25(32)7-3/h8-13,16-17,25,30,32H,5-7,14-15,19H2,1-4H3/b28-20+. The van der Waals surface area contributed by atoms with Crippen LogP contribution < -0.4 is 9.62 Å². The van der Waals surface area contributed by atoms with Crippen molar-refractivity contribution in [2.45, 2.75) is 53.1 Å². The van der Waals surface area contributed by atoms with E-state index in [9.17, 15) is 18.8 Å². The Hall–Kier alpha value is -2.70. The molecule has 0 saturated carbocycles. The number of sulfonamides is 1. The van der Waals surface area contributed by atoms with Gasteiger partial charge in [-0.2, -0.15) is 5.26 Å². The number of rotatable bonds is 12. The topological polar surface area (TPSA) is 93.4 Å². The summed E-state index contributed by atoms with van der Waals surface area (Å²) < 4.78 is 27.7. The van der Waals surface area contributed by atoms with Gasteiger partial charge in [0.25, 0.3) is 10.0 Å². The largest absolute Gasteiger partial charge is 0.392 e. The number of nitrogens with zero attached hydrogens (tertiary/aromatic N) is 2. The number of fused-ring (bicyclic) bond motifs is 1. The predicted octanol–water partition coefficient (Wildman–Crippen LogP) is 6.14. The van der Waals surface area contributed by atoms with Crippen LogP contribution in [0.25, 0.3) is 26.8 Å². The van der Waals surface area contributed by atoms with Crippen LogP contribution >= 0.6 is 11.3 Å². The number of nitrogens with one attached hydrogen (secondary N) is 1. The zero-order valence-corrected chi connectivity index (χ0v) is 23.0. The van der Waals surface area contributed by atoms with E-state index in [2.05, 4.69) is 59.9 Å². The van der Waals surface area contributed by atoms with Gasteiger partial charge in [-0.3, -0.25) is 0 Å². The van der Waals surface area contributed by atoms with Crippen molar-refractivity contribution in [2.24, 2.45) is 0 Å². The van der Waals surface area contributed by atoms with Crippen molar-refractivity contribution in [1.82, 2.24) is 4.72 Å². The molecule has 192 valence electrons. The van der Waals surface area contributed by atoms with E-state index >= 15 is 0 Å². The average molecular weight is 526 g/mol. The molecule has 3 aromatic rings. The molecule has 0 aliphatic rings. The Labute approximate surface area is 218 Å². The SMILES string of the molecule is CCCN(CCC)c1ccc2cc(-c3ccc(/C(C)=C(\C#N)S(=O)(=O)NCC(O)CC)s3)ccc2c1. The van der Waals surface area contributed by atoms with Crippen LogP contribution in [0.4, 0.5) is 5.69 Å². The van der Waals surface area contributed by atoms with Crippen LogP contribution in [0.1, 0.15) is 51.8 Å². The molecule has 0 spiro atoms. The third-order valence-electron chi connectivity index (χ3n) is 6.13. The molecule has 1 unspecified atom stereocenters. The molecule has 0 fully saturated rings. The summed E-state index contributed by atoms with van der Waals surface area (Å²) in [4.78, 5) is 3.81. The number of nitriles is 1. The molecule has 1 aromatic heterocycles. The van der Waals surface area contributed by atoms with Gasteiger partial charge in [-0.05, 0) is 78.4 Å². The maximum Gasteiger partial charge on any atom is 0.251 e. The van der Waals surface area contributed by atoms with Gasteiger partial charge < -0.3 is 10.0 Å². The number of thiophene rings is 1. The van der Waals surface area contributed by atoms with Crippen molar-refractivity contribution in [3.8, 4) is 16.5 Å². The number of allylic oxidation sites excluding steroid dienone is 2. The van der Waals surface area contributed by atoms with Crippen molar-refractivity contribution in [1.29, 1.82) is 5.26 Å². The van der Waals surface area contributed by atoms with E-state index in [0.717, 1.165) is 41.8 Å². The summed E-state index contributed by atoms with van der Waals surface area (Å²) in [5.74, 6) is 0. The molecule has 0 aliphatic carbocycles. The summed E-state index contributed by atoms with van der Waals surface area (Å²) in [5.41, 5.74) is 2.68. The van der Waals surface area contributed by atoms with E-state index in [1.807, 2.05) is 18.2 Å². The molecule has 2 N–H and O–H groups in total. The lowest BCUT2D eigenvalue weighted by Crippen LogP contribution is -2.32. The van der Waals surface area contributed by atoms with Crippen LogP contribution in [0.5, 0.6) is 0 Å². The molecule has 1 heterocycles. The van der Waals surface area contributed by atoms with Crippen LogP contribution in [-0.4, -0.2) is 39.3 Å². The normalized spacial score (nSPS) is 13.3. The van der Waals surface area contributed by atoms with Gasteiger partial charge in [-0.1, -0.05) is 39.0 Å². The number of hydrogen-bond acceptors (Lipinski definition) is 6. The fourth-order valence-corrected chi connectivity index (χ4v) is 6.33. The van der Waals surface area contributed by atoms with Crippen molar-refractivity contribution >= 4 is 43.4 Å². The number of anilines is 1. The Morgan fingerprint density at radius 2 is 1.72 bits per heavy atom. The number of aliphatic hydroxyl groups excluding tert-OH is 1. The van der Waals surface area contributed by atoms with Gasteiger partial charge >= 0.3 is 0 Å². The smallest absolute Gasteiger partial charge is 0.251 e. The highest BCUT2D eigenvalue weighted by Gasteiger charge is 2.22. The van der Waals surface area contributed by atoms with E-state index < -0.39 is 16.1 Å². The molecular formula is C28H35N3O3S2. The summed E-state index contributed by atoms with van der Waals surface area (Å²) in [7, 11) is -4.02. The second-order valence-electron chi connectivity index (χ2n) is 8.88.